The van der Waals surface area contributed by atoms with E-state index in [0.717, 1.165) is 30.4 Å². The predicted molar refractivity (Wildman–Crippen MR) is 101 cm³/mol. The Morgan fingerprint density at radius 2 is 2.12 bits per heavy atom. The average molecular weight is 349 g/mol. The van der Waals surface area contributed by atoms with E-state index in [1.807, 2.05) is 17.4 Å². The normalized spacial score (nSPS) is 13.3. The molecule has 0 bridgehead atoms. The highest BCUT2D eigenvalue weighted by Crippen LogP contribution is 2.17. The van der Waals surface area contributed by atoms with Crippen molar-refractivity contribution < 1.29 is 4.52 Å². The molecule has 0 spiro atoms. The second kappa shape index (κ2) is 8.87. The number of guanidine groups is 1. The molecular weight excluding hydrogens is 320 g/mol. The minimum absolute atomic E-state index is 0.307. The van der Waals surface area contributed by atoms with E-state index >= 15 is 0 Å². The van der Waals surface area contributed by atoms with Crippen LogP contribution in [0.15, 0.2) is 27.7 Å². The van der Waals surface area contributed by atoms with Gasteiger partial charge in [0, 0.05) is 34.8 Å². The van der Waals surface area contributed by atoms with Gasteiger partial charge in [-0.05, 0) is 38.8 Å². The van der Waals surface area contributed by atoms with Crippen molar-refractivity contribution in [3.05, 3.63) is 39.4 Å². The summed E-state index contributed by atoms with van der Waals surface area (Å²) in [5.41, 5.74) is 0.972. The zero-order valence-electron chi connectivity index (χ0n) is 15.2. The van der Waals surface area contributed by atoms with Crippen molar-refractivity contribution in [1.82, 2.24) is 15.8 Å². The number of thiophene rings is 1. The van der Waals surface area contributed by atoms with Crippen molar-refractivity contribution >= 4 is 17.3 Å². The fourth-order valence-corrected chi connectivity index (χ4v) is 3.35. The lowest BCUT2D eigenvalue weighted by Crippen LogP contribution is -2.43. The molecule has 2 aromatic heterocycles. The number of aryl methyl sites for hydroxylation is 1. The first-order valence-corrected chi connectivity index (χ1v) is 9.35. The molecule has 0 aliphatic rings. The molecule has 0 fully saturated rings. The van der Waals surface area contributed by atoms with Gasteiger partial charge < -0.3 is 15.2 Å². The van der Waals surface area contributed by atoms with Gasteiger partial charge in [-0.1, -0.05) is 19.0 Å². The van der Waals surface area contributed by atoms with Crippen LogP contribution in [0.3, 0.4) is 0 Å². The number of hydrogen-bond donors (Lipinski definition) is 2. The molecule has 24 heavy (non-hydrogen) atoms. The van der Waals surface area contributed by atoms with Gasteiger partial charge in [0.25, 0.3) is 0 Å². The van der Waals surface area contributed by atoms with Crippen LogP contribution in [-0.2, 0) is 13.0 Å². The van der Waals surface area contributed by atoms with Gasteiger partial charge in [0.2, 0.25) is 0 Å². The summed E-state index contributed by atoms with van der Waals surface area (Å²) in [4.78, 5) is 7.35. The molecule has 0 aliphatic carbocycles. The molecule has 0 saturated carbocycles. The molecule has 0 aliphatic heterocycles. The predicted octanol–water partition coefficient (Wildman–Crippen LogP) is 3.85. The van der Waals surface area contributed by atoms with Crippen molar-refractivity contribution in [3.63, 3.8) is 0 Å². The van der Waals surface area contributed by atoms with Crippen molar-refractivity contribution in [3.8, 4) is 0 Å². The van der Waals surface area contributed by atoms with E-state index in [1.54, 1.807) is 0 Å². The Morgan fingerprint density at radius 3 is 2.71 bits per heavy atom. The zero-order valence-corrected chi connectivity index (χ0v) is 16.0. The Kier molecular flexibility index (Phi) is 6.85. The molecule has 1 atom stereocenters. The van der Waals surface area contributed by atoms with Crippen molar-refractivity contribution in [2.75, 3.05) is 6.54 Å². The van der Waals surface area contributed by atoms with Gasteiger partial charge in [0.1, 0.15) is 6.54 Å². The van der Waals surface area contributed by atoms with Crippen molar-refractivity contribution in [2.45, 2.75) is 59.5 Å². The van der Waals surface area contributed by atoms with Crippen LogP contribution in [0.5, 0.6) is 0 Å². The van der Waals surface area contributed by atoms with Gasteiger partial charge in [0.15, 0.2) is 11.7 Å². The Bertz CT molecular complexity index is 660. The van der Waals surface area contributed by atoms with E-state index in [9.17, 15) is 0 Å². The zero-order chi connectivity index (χ0) is 17.5. The third-order valence-corrected chi connectivity index (χ3v) is 4.62. The lowest BCUT2D eigenvalue weighted by Gasteiger charge is -2.17. The molecule has 0 amide bonds. The second-order valence-electron chi connectivity index (χ2n) is 6.33. The summed E-state index contributed by atoms with van der Waals surface area (Å²) in [5.74, 6) is 1.96. The fraction of sp³-hybridized carbons (Fsp3) is 0.556. The highest BCUT2D eigenvalue weighted by molar-refractivity contribution is 7.11. The third-order valence-electron chi connectivity index (χ3n) is 3.59. The maximum absolute atomic E-state index is 5.35. The largest absolute Gasteiger partial charge is 0.359 e. The van der Waals surface area contributed by atoms with Gasteiger partial charge in [0.05, 0.1) is 5.69 Å². The average Bonchev–Trinajstić information content (AvgIpc) is 3.14. The number of aromatic nitrogens is 1. The standard InChI is InChI=1S/C18H28N4OS/c1-6-19-18(20-11-15-10-17(12(2)3)22-23-15)21-13(4)9-16-8-7-14(5)24-16/h7-8,10,12-13H,6,9,11H2,1-5H3,(H2,19,20,21). The van der Waals surface area contributed by atoms with Crippen LogP contribution in [0.25, 0.3) is 0 Å². The van der Waals surface area contributed by atoms with E-state index in [4.69, 9.17) is 4.52 Å². The smallest absolute Gasteiger partial charge is 0.191 e. The van der Waals surface area contributed by atoms with Gasteiger partial charge >= 0.3 is 0 Å². The molecule has 0 saturated heterocycles. The van der Waals surface area contributed by atoms with E-state index in [-0.39, 0.29) is 0 Å². The minimum Gasteiger partial charge on any atom is -0.359 e. The monoisotopic (exact) mass is 348 g/mol. The number of nitrogens with one attached hydrogen (secondary N) is 2. The Hall–Kier alpha value is -1.82. The van der Waals surface area contributed by atoms with Crippen molar-refractivity contribution in [2.24, 2.45) is 4.99 Å². The molecule has 1 unspecified atom stereocenters. The van der Waals surface area contributed by atoms with Crippen molar-refractivity contribution in [1.29, 1.82) is 0 Å². The quantitative estimate of drug-likeness (QED) is 0.589. The van der Waals surface area contributed by atoms with Gasteiger partial charge in [-0.25, -0.2) is 4.99 Å². The topological polar surface area (TPSA) is 62.5 Å². The lowest BCUT2D eigenvalue weighted by atomic mass is 10.1. The Labute approximate surface area is 148 Å². The SMILES string of the molecule is CCNC(=NCc1cc(C(C)C)no1)NC(C)Cc1ccc(C)s1. The molecule has 5 nitrogen and oxygen atoms in total. The molecule has 0 aromatic carbocycles. The maximum Gasteiger partial charge on any atom is 0.191 e. The lowest BCUT2D eigenvalue weighted by molar-refractivity contribution is 0.376. The third kappa shape index (κ3) is 5.67. The number of hydrogen-bond acceptors (Lipinski definition) is 4. The van der Waals surface area contributed by atoms with Crippen LogP contribution in [0.1, 0.15) is 54.8 Å². The summed E-state index contributed by atoms with van der Waals surface area (Å²) in [5, 5.41) is 10.8. The molecule has 132 valence electrons. The first-order chi connectivity index (χ1) is 11.5. The molecule has 0 radical (unpaired) electrons. The minimum atomic E-state index is 0.307. The van der Waals surface area contributed by atoms with Gasteiger partial charge in [-0.3, -0.25) is 0 Å². The second-order valence-corrected chi connectivity index (χ2v) is 7.70. The van der Waals surface area contributed by atoms with E-state index in [0.29, 0.717) is 18.5 Å². The summed E-state index contributed by atoms with van der Waals surface area (Å²) < 4.78 is 5.35. The number of rotatable bonds is 7. The molecular formula is C18H28N4OS. The number of aliphatic imine (C=N–C) groups is 1. The van der Waals surface area contributed by atoms with E-state index < -0.39 is 0 Å². The highest BCUT2D eigenvalue weighted by Gasteiger charge is 2.10. The van der Waals surface area contributed by atoms with Gasteiger partial charge in [-0.2, -0.15) is 0 Å². The van der Waals surface area contributed by atoms with Crippen LogP contribution in [0.2, 0.25) is 0 Å². The molecule has 2 rings (SSSR count). The Balaban J connectivity index is 1.93. The van der Waals surface area contributed by atoms with Crippen LogP contribution >= 0.6 is 11.3 Å². The number of nitrogens with zero attached hydrogens (tertiary/aromatic N) is 2. The summed E-state index contributed by atoms with van der Waals surface area (Å²) in [7, 11) is 0. The van der Waals surface area contributed by atoms with Gasteiger partial charge in [-0.15, -0.1) is 11.3 Å². The molecule has 6 heteroatoms. The van der Waals surface area contributed by atoms with E-state index in [2.05, 4.69) is 67.5 Å². The van der Waals surface area contributed by atoms with Crippen LogP contribution in [-0.4, -0.2) is 23.7 Å². The molecule has 2 N–H and O–H groups in total. The summed E-state index contributed by atoms with van der Waals surface area (Å²) in [6, 6.07) is 6.66. The summed E-state index contributed by atoms with van der Waals surface area (Å²) in [6.45, 7) is 11.9. The summed E-state index contributed by atoms with van der Waals surface area (Å²) in [6.07, 6.45) is 0.989. The highest BCUT2D eigenvalue weighted by atomic mass is 32.1. The van der Waals surface area contributed by atoms with Crippen LogP contribution in [0, 0.1) is 6.92 Å². The summed E-state index contributed by atoms with van der Waals surface area (Å²) >= 11 is 1.85. The van der Waals surface area contributed by atoms with E-state index in [1.165, 1.54) is 9.75 Å². The molecule has 2 aromatic rings. The molecule has 2 heterocycles. The first kappa shape index (κ1) is 18.5. The Morgan fingerprint density at radius 1 is 1.33 bits per heavy atom. The van der Waals surface area contributed by atoms with Crippen LogP contribution < -0.4 is 10.6 Å². The maximum atomic E-state index is 5.35. The first-order valence-electron chi connectivity index (χ1n) is 8.53. The van der Waals surface area contributed by atoms with Crippen LogP contribution in [0.4, 0.5) is 0 Å². The fourth-order valence-electron chi connectivity index (χ4n) is 2.33.